The molecule has 6 nitrogen and oxygen atoms in total. The van der Waals surface area contributed by atoms with E-state index in [4.69, 9.17) is 4.74 Å². The first-order valence-corrected chi connectivity index (χ1v) is 9.75. The molecule has 1 heterocycles. The monoisotopic (exact) mass is 483 g/mol. The minimum atomic E-state index is -4.40. The van der Waals surface area contributed by atoms with Crippen LogP contribution in [-0.4, -0.2) is 28.6 Å². The van der Waals surface area contributed by atoms with Gasteiger partial charge in [0, 0.05) is 17.4 Å². The molecule has 0 aliphatic rings. The third kappa shape index (κ3) is 5.59. The predicted molar refractivity (Wildman–Crippen MR) is 108 cm³/mol. The average molecular weight is 484 g/mol. The highest BCUT2D eigenvalue weighted by molar-refractivity contribution is 9.10. The first kappa shape index (κ1) is 21.8. The summed E-state index contributed by atoms with van der Waals surface area (Å²) in [6.45, 7) is 0.445. The van der Waals surface area contributed by atoms with Crippen molar-refractivity contribution in [2.75, 3.05) is 13.2 Å². The third-order valence-electron chi connectivity index (χ3n) is 4.24. The van der Waals surface area contributed by atoms with Crippen molar-refractivity contribution in [2.45, 2.75) is 19.1 Å². The standard InChI is InChI=1S/C20H17BrF3N3O3/c21-14-3-6-17-16(11-14)19(29)27(12-26-17)9-7-18(28)25-8-10-30-15-4-1-13(2-5-15)20(22,23)24/h1-6,11-12H,7-10H2,(H,25,28). The van der Waals surface area contributed by atoms with Crippen LogP contribution in [0.4, 0.5) is 13.2 Å². The van der Waals surface area contributed by atoms with Gasteiger partial charge in [-0.2, -0.15) is 13.2 Å². The van der Waals surface area contributed by atoms with Crippen LogP contribution in [0.3, 0.4) is 0 Å². The molecule has 0 atom stereocenters. The van der Waals surface area contributed by atoms with E-state index in [9.17, 15) is 22.8 Å². The van der Waals surface area contributed by atoms with Crippen LogP contribution in [0, 0.1) is 0 Å². The molecule has 0 aliphatic heterocycles. The lowest BCUT2D eigenvalue weighted by molar-refractivity contribution is -0.137. The number of aromatic nitrogens is 2. The molecular weight excluding hydrogens is 467 g/mol. The molecular formula is C20H17BrF3N3O3. The van der Waals surface area contributed by atoms with Gasteiger partial charge in [0.15, 0.2) is 0 Å². The maximum absolute atomic E-state index is 12.5. The molecule has 0 spiro atoms. The van der Waals surface area contributed by atoms with E-state index in [1.54, 1.807) is 18.2 Å². The molecule has 0 saturated carbocycles. The number of benzene rings is 2. The second-order valence-corrected chi connectivity index (χ2v) is 7.29. The fraction of sp³-hybridized carbons (Fsp3) is 0.250. The molecule has 2 aromatic carbocycles. The fourth-order valence-electron chi connectivity index (χ4n) is 2.70. The average Bonchev–Trinajstić information content (AvgIpc) is 2.71. The van der Waals surface area contributed by atoms with Crippen LogP contribution >= 0.6 is 15.9 Å². The van der Waals surface area contributed by atoms with Gasteiger partial charge in [-0.3, -0.25) is 14.2 Å². The Morgan fingerprint density at radius 1 is 1.17 bits per heavy atom. The van der Waals surface area contributed by atoms with E-state index in [1.165, 1.54) is 23.0 Å². The minimum absolute atomic E-state index is 0.0708. The van der Waals surface area contributed by atoms with Crippen molar-refractivity contribution in [1.29, 1.82) is 0 Å². The van der Waals surface area contributed by atoms with Crippen molar-refractivity contribution in [3.05, 3.63) is 69.2 Å². The number of halogens is 4. The maximum Gasteiger partial charge on any atom is 0.416 e. The Balaban J connectivity index is 1.45. The molecule has 0 radical (unpaired) electrons. The lowest BCUT2D eigenvalue weighted by Gasteiger charge is -2.10. The van der Waals surface area contributed by atoms with Crippen molar-refractivity contribution in [3.8, 4) is 5.75 Å². The highest BCUT2D eigenvalue weighted by Crippen LogP contribution is 2.30. The summed E-state index contributed by atoms with van der Waals surface area (Å²) in [6, 6.07) is 9.52. The van der Waals surface area contributed by atoms with Crippen LogP contribution in [-0.2, 0) is 17.5 Å². The fourth-order valence-corrected chi connectivity index (χ4v) is 3.06. The van der Waals surface area contributed by atoms with Gasteiger partial charge in [-0.05, 0) is 42.5 Å². The number of nitrogens with one attached hydrogen (secondary N) is 1. The molecule has 0 bridgehead atoms. The second-order valence-electron chi connectivity index (χ2n) is 6.38. The summed E-state index contributed by atoms with van der Waals surface area (Å²) in [5, 5.41) is 3.09. The summed E-state index contributed by atoms with van der Waals surface area (Å²) in [5.41, 5.74) is -0.419. The molecule has 0 fully saturated rings. The van der Waals surface area contributed by atoms with E-state index in [0.29, 0.717) is 10.9 Å². The number of hydrogen-bond acceptors (Lipinski definition) is 4. The number of alkyl halides is 3. The van der Waals surface area contributed by atoms with E-state index in [2.05, 4.69) is 26.2 Å². The van der Waals surface area contributed by atoms with Gasteiger partial charge in [-0.1, -0.05) is 15.9 Å². The molecule has 1 aromatic heterocycles. The van der Waals surface area contributed by atoms with Crippen molar-refractivity contribution in [2.24, 2.45) is 0 Å². The van der Waals surface area contributed by atoms with E-state index in [1.807, 2.05) is 0 Å². The Bertz CT molecular complexity index is 1100. The summed E-state index contributed by atoms with van der Waals surface area (Å²) in [6.07, 6.45) is -2.92. The highest BCUT2D eigenvalue weighted by atomic mass is 79.9. The van der Waals surface area contributed by atoms with Crippen LogP contribution in [0.25, 0.3) is 10.9 Å². The minimum Gasteiger partial charge on any atom is -0.492 e. The number of hydrogen-bond donors (Lipinski definition) is 1. The molecule has 1 amide bonds. The first-order chi connectivity index (χ1) is 14.2. The Morgan fingerprint density at radius 2 is 1.90 bits per heavy atom. The van der Waals surface area contributed by atoms with E-state index in [0.717, 1.165) is 16.6 Å². The molecule has 3 rings (SSSR count). The van der Waals surface area contributed by atoms with Crippen molar-refractivity contribution in [1.82, 2.24) is 14.9 Å². The number of rotatable bonds is 7. The predicted octanol–water partition coefficient (Wildman–Crippen LogP) is 3.76. The van der Waals surface area contributed by atoms with Gasteiger partial charge in [-0.25, -0.2) is 4.98 Å². The number of nitrogens with zero attached hydrogens (tertiary/aromatic N) is 2. The van der Waals surface area contributed by atoms with Gasteiger partial charge in [0.25, 0.3) is 5.56 Å². The van der Waals surface area contributed by atoms with Crippen molar-refractivity contribution >= 4 is 32.7 Å². The quantitative estimate of drug-likeness (QED) is 0.519. The second kappa shape index (κ2) is 9.29. The van der Waals surface area contributed by atoms with E-state index < -0.39 is 11.7 Å². The largest absolute Gasteiger partial charge is 0.492 e. The lowest BCUT2D eigenvalue weighted by atomic mass is 10.2. The van der Waals surface area contributed by atoms with Gasteiger partial charge < -0.3 is 10.1 Å². The van der Waals surface area contributed by atoms with Crippen LogP contribution in [0.5, 0.6) is 5.75 Å². The third-order valence-corrected chi connectivity index (χ3v) is 4.73. The smallest absolute Gasteiger partial charge is 0.416 e. The number of amides is 1. The molecule has 3 aromatic rings. The molecule has 158 valence electrons. The zero-order valence-electron chi connectivity index (χ0n) is 15.6. The highest BCUT2D eigenvalue weighted by Gasteiger charge is 2.29. The lowest BCUT2D eigenvalue weighted by Crippen LogP contribution is -2.30. The molecule has 0 unspecified atom stereocenters. The van der Waals surface area contributed by atoms with Crippen LogP contribution in [0.2, 0.25) is 0 Å². The van der Waals surface area contributed by atoms with E-state index in [-0.39, 0.29) is 43.3 Å². The molecule has 1 N–H and O–H groups in total. The summed E-state index contributed by atoms with van der Waals surface area (Å²) >= 11 is 3.32. The van der Waals surface area contributed by atoms with Gasteiger partial charge in [-0.15, -0.1) is 0 Å². The Kier molecular flexibility index (Phi) is 6.76. The van der Waals surface area contributed by atoms with Crippen molar-refractivity contribution in [3.63, 3.8) is 0 Å². The Labute approximate surface area is 177 Å². The van der Waals surface area contributed by atoms with Crippen molar-refractivity contribution < 1.29 is 22.7 Å². The summed E-state index contributed by atoms with van der Waals surface area (Å²) in [7, 11) is 0. The molecule has 0 aliphatic carbocycles. The number of carbonyl (C=O) groups is 1. The SMILES string of the molecule is O=C(CCn1cnc2ccc(Br)cc2c1=O)NCCOc1ccc(C(F)(F)F)cc1. The number of carbonyl (C=O) groups excluding carboxylic acids is 1. The van der Waals surface area contributed by atoms with Gasteiger partial charge in [0.1, 0.15) is 12.4 Å². The maximum atomic E-state index is 12.5. The zero-order valence-corrected chi connectivity index (χ0v) is 17.2. The van der Waals surface area contributed by atoms with Gasteiger partial charge in [0.05, 0.1) is 29.3 Å². The number of aryl methyl sites for hydroxylation is 1. The van der Waals surface area contributed by atoms with Crippen LogP contribution in [0.1, 0.15) is 12.0 Å². The topological polar surface area (TPSA) is 73.2 Å². The Hall–Kier alpha value is -2.88. The molecule has 30 heavy (non-hydrogen) atoms. The number of ether oxygens (including phenoxy) is 1. The van der Waals surface area contributed by atoms with Crippen LogP contribution < -0.4 is 15.6 Å². The van der Waals surface area contributed by atoms with E-state index >= 15 is 0 Å². The van der Waals surface area contributed by atoms with Crippen LogP contribution in [0.15, 0.2) is 58.1 Å². The molecule has 10 heteroatoms. The molecule has 0 saturated heterocycles. The zero-order chi connectivity index (χ0) is 21.7. The summed E-state index contributed by atoms with van der Waals surface area (Å²) in [4.78, 5) is 28.7. The normalized spacial score (nSPS) is 11.5. The van der Waals surface area contributed by atoms with Gasteiger partial charge >= 0.3 is 6.18 Å². The Morgan fingerprint density at radius 3 is 2.60 bits per heavy atom. The summed E-state index contributed by atoms with van der Waals surface area (Å²) in [5.74, 6) is -0.00976. The van der Waals surface area contributed by atoms with Gasteiger partial charge in [0.2, 0.25) is 5.91 Å². The number of fused-ring (bicyclic) bond motifs is 1. The first-order valence-electron chi connectivity index (χ1n) is 8.95. The summed E-state index contributed by atoms with van der Waals surface area (Å²) < 4.78 is 45.0.